The standard InChI is InChI=1S/C32H27Cl2N3O5/c1-18-10-20(12-21(11-18)31(39)40)22-13-32(41,14-22)26-15-37-27(16-36-26)42-17-23(30(38)19-6-3-2-4-7-19)29(35)28-24(33)8-5-9-25(28)34/h2-12,15-16,22,41H,13-14,17,35H2,1H3,(H,39,40). The first kappa shape index (κ1) is 29.3. The molecule has 4 aromatic rings. The molecular weight excluding hydrogens is 577 g/mol. The van der Waals surface area contributed by atoms with Crippen molar-refractivity contribution in [2.45, 2.75) is 31.3 Å². The number of aliphatic hydroxyl groups is 1. The van der Waals surface area contributed by atoms with Crippen molar-refractivity contribution >= 4 is 40.7 Å². The van der Waals surface area contributed by atoms with Crippen molar-refractivity contribution in [3.63, 3.8) is 0 Å². The number of nitrogens with zero attached hydrogens (tertiary/aromatic N) is 2. The van der Waals surface area contributed by atoms with E-state index in [4.69, 9.17) is 33.7 Å². The normalized spacial score (nSPS) is 18.5. The third-order valence-corrected chi connectivity index (χ3v) is 7.95. The zero-order valence-electron chi connectivity index (χ0n) is 22.6. The number of rotatable bonds is 9. The fourth-order valence-electron chi connectivity index (χ4n) is 5.08. The summed E-state index contributed by atoms with van der Waals surface area (Å²) in [6.07, 6.45) is 3.55. The first-order valence-electron chi connectivity index (χ1n) is 13.1. The van der Waals surface area contributed by atoms with Gasteiger partial charge < -0.3 is 20.7 Å². The van der Waals surface area contributed by atoms with Gasteiger partial charge in [0.1, 0.15) is 12.2 Å². The SMILES string of the molecule is Cc1cc(C(=O)O)cc(C2CC(O)(c3cnc(OCC(C(=O)c4ccccc4)=C(N)c4c(Cl)cccc4Cl)cn3)C2)c1. The Bertz CT molecular complexity index is 1660. The second-order valence-electron chi connectivity index (χ2n) is 10.3. The Kier molecular flexibility index (Phi) is 8.31. The molecule has 5 rings (SSSR count). The Hall–Kier alpha value is -4.24. The van der Waals surface area contributed by atoms with Crippen molar-refractivity contribution in [2.24, 2.45) is 5.73 Å². The van der Waals surface area contributed by atoms with Crippen molar-refractivity contribution in [1.29, 1.82) is 0 Å². The van der Waals surface area contributed by atoms with Gasteiger partial charge in [0.25, 0.3) is 0 Å². The molecule has 0 unspecified atom stereocenters. The highest BCUT2D eigenvalue weighted by Gasteiger charge is 2.46. The van der Waals surface area contributed by atoms with Crippen molar-refractivity contribution in [3.8, 4) is 5.88 Å². The van der Waals surface area contributed by atoms with E-state index >= 15 is 0 Å². The van der Waals surface area contributed by atoms with Crippen LogP contribution in [-0.4, -0.2) is 38.5 Å². The summed E-state index contributed by atoms with van der Waals surface area (Å²) in [7, 11) is 0. The molecule has 1 aromatic heterocycles. The molecule has 214 valence electrons. The molecule has 0 spiro atoms. The molecular formula is C32H27Cl2N3O5. The summed E-state index contributed by atoms with van der Waals surface area (Å²) in [6.45, 7) is 1.61. The summed E-state index contributed by atoms with van der Waals surface area (Å²) >= 11 is 12.7. The highest BCUT2D eigenvalue weighted by atomic mass is 35.5. The number of carbonyl (C=O) groups is 2. The van der Waals surface area contributed by atoms with E-state index in [-0.39, 0.29) is 41.0 Å². The average molecular weight is 604 g/mol. The number of ketones is 1. The number of hydrogen-bond donors (Lipinski definition) is 3. The Balaban J connectivity index is 1.33. The van der Waals surface area contributed by atoms with Gasteiger partial charge in [-0.15, -0.1) is 0 Å². The van der Waals surface area contributed by atoms with Crippen molar-refractivity contribution in [1.82, 2.24) is 9.97 Å². The molecule has 0 bridgehead atoms. The van der Waals surface area contributed by atoms with Crippen LogP contribution < -0.4 is 10.5 Å². The second kappa shape index (κ2) is 11.9. The van der Waals surface area contributed by atoms with Crippen LogP contribution in [0.25, 0.3) is 5.70 Å². The molecule has 1 aliphatic carbocycles. The van der Waals surface area contributed by atoms with E-state index in [0.717, 1.165) is 11.1 Å². The van der Waals surface area contributed by atoms with E-state index < -0.39 is 11.6 Å². The maximum atomic E-state index is 13.5. The Morgan fingerprint density at radius 3 is 2.29 bits per heavy atom. The Morgan fingerprint density at radius 1 is 0.976 bits per heavy atom. The Labute approximate surface area is 252 Å². The van der Waals surface area contributed by atoms with Gasteiger partial charge >= 0.3 is 5.97 Å². The average Bonchev–Trinajstić information content (AvgIpc) is 2.96. The van der Waals surface area contributed by atoms with Crippen molar-refractivity contribution < 1.29 is 24.5 Å². The zero-order valence-corrected chi connectivity index (χ0v) is 24.1. The van der Waals surface area contributed by atoms with Gasteiger partial charge in [-0.05, 0) is 61.1 Å². The third-order valence-electron chi connectivity index (χ3n) is 7.32. The second-order valence-corrected chi connectivity index (χ2v) is 11.1. The lowest BCUT2D eigenvalue weighted by Gasteiger charge is -2.43. The molecule has 0 saturated heterocycles. The monoisotopic (exact) mass is 603 g/mol. The fraction of sp³-hybridized carbons (Fsp3) is 0.188. The molecule has 1 aliphatic rings. The number of nitrogens with two attached hydrogens (primary N) is 1. The van der Waals surface area contributed by atoms with Gasteiger partial charge in [0.2, 0.25) is 5.88 Å². The van der Waals surface area contributed by atoms with Crippen molar-refractivity contribution in [2.75, 3.05) is 6.61 Å². The topological polar surface area (TPSA) is 136 Å². The number of ether oxygens (including phenoxy) is 1. The maximum absolute atomic E-state index is 13.5. The predicted molar refractivity (Wildman–Crippen MR) is 160 cm³/mol. The highest BCUT2D eigenvalue weighted by molar-refractivity contribution is 6.38. The van der Waals surface area contributed by atoms with Crippen LogP contribution in [0.4, 0.5) is 0 Å². The smallest absolute Gasteiger partial charge is 0.335 e. The molecule has 42 heavy (non-hydrogen) atoms. The number of carboxylic acids is 1. The number of Topliss-reactive ketones (excluding diaryl/α,β-unsaturated/α-hetero) is 1. The quantitative estimate of drug-likeness (QED) is 0.152. The predicted octanol–water partition coefficient (Wildman–Crippen LogP) is 6.19. The van der Waals surface area contributed by atoms with E-state index in [1.54, 1.807) is 60.7 Å². The van der Waals surface area contributed by atoms with E-state index in [0.29, 0.717) is 39.7 Å². The molecule has 0 amide bonds. The van der Waals surface area contributed by atoms with E-state index in [1.807, 2.05) is 13.0 Å². The summed E-state index contributed by atoms with van der Waals surface area (Å²) < 4.78 is 5.84. The summed E-state index contributed by atoms with van der Waals surface area (Å²) in [5.41, 5.74) is 8.52. The number of aryl methyl sites for hydroxylation is 1. The number of hydrogen-bond acceptors (Lipinski definition) is 7. The first-order chi connectivity index (χ1) is 20.1. The minimum Gasteiger partial charge on any atom is -0.478 e. The summed E-state index contributed by atoms with van der Waals surface area (Å²) in [4.78, 5) is 33.6. The van der Waals surface area contributed by atoms with Gasteiger partial charge in [0, 0.05) is 11.1 Å². The highest BCUT2D eigenvalue weighted by Crippen LogP contribution is 2.50. The van der Waals surface area contributed by atoms with Crippen LogP contribution in [-0.2, 0) is 5.60 Å². The zero-order chi connectivity index (χ0) is 30.0. The van der Waals surface area contributed by atoms with E-state index in [2.05, 4.69) is 9.97 Å². The van der Waals surface area contributed by atoms with Gasteiger partial charge in [0.05, 0.1) is 45.0 Å². The van der Waals surface area contributed by atoms with Gasteiger partial charge in [-0.1, -0.05) is 65.7 Å². The van der Waals surface area contributed by atoms with Crippen LogP contribution in [0.3, 0.4) is 0 Å². The van der Waals surface area contributed by atoms with Crippen LogP contribution >= 0.6 is 23.2 Å². The van der Waals surface area contributed by atoms with Crippen LogP contribution in [0.15, 0.2) is 84.7 Å². The minimum absolute atomic E-state index is 0.0120. The molecule has 0 atom stereocenters. The lowest BCUT2D eigenvalue weighted by atomic mass is 9.66. The molecule has 0 aliphatic heterocycles. The van der Waals surface area contributed by atoms with Crippen LogP contribution in [0, 0.1) is 6.92 Å². The molecule has 1 heterocycles. The number of carboxylic acid groups (broad SMARTS) is 1. The largest absolute Gasteiger partial charge is 0.478 e. The van der Waals surface area contributed by atoms with Gasteiger partial charge in [-0.2, -0.15) is 0 Å². The number of halogens is 2. The van der Waals surface area contributed by atoms with Gasteiger partial charge in [-0.3, -0.25) is 9.78 Å². The number of benzene rings is 3. The van der Waals surface area contributed by atoms with Gasteiger partial charge in [0.15, 0.2) is 5.78 Å². The lowest BCUT2D eigenvalue weighted by Crippen LogP contribution is -2.40. The third kappa shape index (κ3) is 6.01. The minimum atomic E-state index is -1.21. The Morgan fingerprint density at radius 2 is 1.67 bits per heavy atom. The lowest BCUT2D eigenvalue weighted by molar-refractivity contribution is -0.0590. The molecule has 4 N–H and O–H groups in total. The molecule has 1 saturated carbocycles. The van der Waals surface area contributed by atoms with Crippen LogP contribution in [0.2, 0.25) is 10.0 Å². The van der Waals surface area contributed by atoms with Crippen molar-refractivity contribution in [3.05, 3.63) is 128 Å². The van der Waals surface area contributed by atoms with E-state index in [1.165, 1.54) is 12.4 Å². The van der Waals surface area contributed by atoms with Gasteiger partial charge in [-0.25, -0.2) is 9.78 Å². The van der Waals surface area contributed by atoms with Crippen LogP contribution in [0.1, 0.15) is 61.9 Å². The molecule has 8 nitrogen and oxygen atoms in total. The fourth-order valence-corrected chi connectivity index (χ4v) is 5.69. The summed E-state index contributed by atoms with van der Waals surface area (Å²) in [5.74, 6) is -1.23. The number of aromatic carboxylic acids is 1. The number of aromatic nitrogens is 2. The molecule has 3 aromatic carbocycles. The maximum Gasteiger partial charge on any atom is 0.335 e. The summed E-state index contributed by atoms with van der Waals surface area (Å²) in [5, 5.41) is 21.1. The van der Waals surface area contributed by atoms with Crippen LogP contribution in [0.5, 0.6) is 5.88 Å². The molecule has 0 radical (unpaired) electrons. The van der Waals surface area contributed by atoms with E-state index in [9.17, 15) is 19.8 Å². The number of carbonyl (C=O) groups excluding carboxylic acids is 1. The molecule has 1 fully saturated rings. The molecule has 10 heteroatoms. The first-order valence-corrected chi connectivity index (χ1v) is 13.9. The summed E-state index contributed by atoms with van der Waals surface area (Å²) in [6, 6.07) is 18.8.